The van der Waals surface area contributed by atoms with E-state index < -0.39 is 61.3 Å². The quantitative estimate of drug-likeness (QED) is 0.227. The van der Waals surface area contributed by atoms with Crippen molar-refractivity contribution >= 4 is 66.5 Å². The molecular weight excluding hydrogens is 705 g/mol. The Morgan fingerprint density at radius 2 is 1.60 bits per heavy atom. The van der Waals surface area contributed by atoms with Gasteiger partial charge in [0.25, 0.3) is 5.91 Å². The summed E-state index contributed by atoms with van der Waals surface area (Å²) in [5, 5.41) is 18.6. The molecule has 1 aliphatic rings. The molecule has 3 aromatic rings. The molecule has 258 valence electrons. The van der Waals surface area contributed by atoms with Gasteiger partial charge in [0.1, 0.15) is 12.1 Å². The number of halogens is 2. The number of aromatic nitrogens is 1. The van der Waals surface area contributed by atoms with Crippen LogP contribution < -0.4 is 16.0 Å². The number of hydrogen-bond acceptors (Lipinski definition) is 9. The number of carboxylic acid groups (broad SMARTS) is 1. The van der Waals surface area contributed by atoms with Gasteiger partial charge < -0.3 is 21.1 Å². The van der Waals surface area contributed by atoms with Crippen molar-refractivity contribution in [1.82, 2.24) is 19.9 Å². The number of benzene rings is 2. The number of aliphatic carboxylic acids is 1. The fourth-order valence-electron chi connectivity index (χ4n) is 5.29. The highest BCUT2D eigenvalue weighted by Gasteiger charge is 2.47. The second-order valence-electron chi connectivity index (χ2n) is 12.3. The summed E-state index contributed by atoms with van der Waals surface area (Å²) in [6, 6.07) is 7.60. The molecule has 13 nitrogen and oxygen atoms in total. The molecule has 0 bridgehead atoms. The first kappa shape index (κ1) is 37.2. The van der Waals surface area contributed by atoms with E-state index in [1.54, 1.807) is 12.1 Å². The minimum atomic E-state index is -4.39. The highest BCUT2D eigenvalue weighted by Crippen LogP contribution is 2.30. The van der Waals surface area contributed by atoms with E-state index in [0.29, 0.717) is 11.3 Å². The van der Waals surface area contributed by atoms with Crippen LogP contribution in [0.1, 0.15) is 43.1 Å². The van der Waals surface area contributed by atoms with Crippen LogP contribution in [0.15, 0.2) is 70.7 Å². The molecule has 2 heterocycles. The Kier molecular flexibility index (Phi) is 11.2. The topological polar surface area (TPSA) is 192 Å². The van der Waals surface area contributed by atoms with Gasteiger partial charge in [-0.1, -0.05) is 41.4 Å². The summed E-state index contributed by atoms with van der Waals surface area (Å²) >= 11 is 12.1. The molecule has 0 unspecified atom stereocenters. The molecule has 48 heavy (non-hydrogen) atoms. The van der Waals surface area contributed by atoms with E-state index >= 15 is 0 Å². The zero-order chi connectivity index (χ0) is 35.6. The monoisotopic (exact) mass is 739 g/mol. The predicted molar refractivity (Wildman–Crippen MR) is 180 cm³/mol. The summed E-state index contributed by atoms with van der Waals surface area (Å²) in [5.74, 6) is -2.76. The molecule has 17 heteroatoms. The molecule has 2 amide bonds. The molecule has 0 aliphatic carbocycles. The molecule has 1 aromatic heterocycles. The van der Waals surface area contributed by atoms with Gasteiger partial charge >= 0.3 is 5.97 Å². The highest BCUT2D eigenvalue weighted by atomic mass is 35.5. The summed E-state index contributed by atoms with van der Waals surface area (Å²) in [6.07, 6.45) is 3.60. The lowest BCUT2D eigenvalue weighted by atomic mass is 10.0. The largest absolute Gasteiger partial charge is 0.480 e. The molecule has 1 aliphatic heterocycles. The molecule has 0 spiro atoms. The lowest BCUT2D eigenvalue weighted by Gasteiger charge is -2.32. The smallest absolute Gasteiger partial charge is 0.326 e. The Bertz CT molecular complexity index is 1910. The predicted octanol–water partition coefficient (Wildman–Crippen LogP) is 3.38. The number of rotatable bonds is 11. The molecule has 0 saturated carbocycles. The van der Waals surface area contributed by atoms with Gasteiger partial charge in [-0.05, 0) is 63.1 Å². The summed E-state index contributed by atoms with van der Waals surface area (Å²) in [5.41, 5.74) is 0.373. The minimum Gasteiger partial charge on any atom is -0.480 e. The number of sulfone groups is 1. The van der Waals surface area contributed by atoms with Crippen molar-refractivity contribution in [2.75, 3.05) is 18.1 Å². The number of nitrogens with one attached hydrogen (secondary N) is 3. The Balaban J connectivity index is 1.56. The zero-order valence-electron chi connectivity index (χ0n) is 26.4. The normalized spacial score (nSPS) is 17.9. The van der Waals surface area contributed by atoms with Gasteiger partial charge in [0.05, 0.1) is 25.4 Å². The van der Waals surface area contributed by atoms with Gasteiger partial charge in [0, 0.05) is 48.9 Å². The molecule has 1 saturated heterocycles. The van der Waals surface area contributed by atoms with Crippen molar-refractivity contribution in [3.63, 3.8) is 0 Å². The first-order valence-corrected chi connectivity index (χ1v) is 18.7. The lowest BCUT2D eigenvalue weighted by molar-refractivity contribution is -0.142. The molecular formula is C31H35Cl2N5O8S2. The first-order valence-electron chi connectivity index (χ1n) is 14.6. The standard InChI is InChI=1S/C31H35Cl2N5O8S2/c1-31(2,3)37-24-12-13-38(48(45,46)21-7-5-6-20(15-21)47(4,43)44)27(24)29(40)36-25(30(41)42)14-18-8-10-19(11-9-18)35-28(39)26-22(32)16-34-17-23(26)33/h5-11,15-17,24-25,27,37H,12-14H2,1-4H3,(H,35,39)(H,36,40)(H,41,42)/t24-,25-,27-/m0/s1. The van der Waals surface area contributed by atoms with E-state index in [4.69, 9.17) is 23.2 Å². The maximum atomic E-state index is 13.8. The maximum absolute atomic E-state index is 13.8. The average Bonchev–Trinajstić information content (AvgIpc) is 3.40. The maximum Gasteiger partial charge on any atom is 0.326 e. The van der Waals surface area contributed by atoms with Crippen LogP contribution in [0.2, 0.25) is 10.0 Å². The summed E-state index contributed by atoms with van der Waals surface area (Å²) in [6.45, 7) is 5.47. The number of carboxylic acids is 1. The second-order valence-corrected chi connectivity index (χ2v) is 17.1. The van der Waals surface area contributed by atoms with Crippen molar-refractivity contribution in [2.24, 2.45) is 0 Å². The fraction of sp³-hybridized carbons (Fsp3) is 0.355. The Morgan fingerprint density at radius 1 is 1.00 bits per heavy atom. The zero-order valence-corrected chi connectivity index (χ0v) is 29.5. The van der Waals surface area contributed by atoms with Crippen molar-refractivity contribution in [1.29, 1.82) is 0 Å². The van der Waals surface area contributed by atoms with Gasteiger partial charge in [0.2, 0.25) is 15.9 Å². The van der Waals surface area contributed by atoms with E-state index in [9.17, 15) is 36.3 Å². The van der Waals surface area contributed by atoms with E-state index in [-0.39, 0.29) is 44.8 Å². The van der Waals surface area contributed by atoms with Crippen LogP contribution in [-0.2, 0) is 35.9 Å². The third-order valence-corrected chi connectivity index (χ3v) is 11.0. The third kappa shape index (κ3) is 8.89. The Hall–Kier alpha value is -3.60. The van der Waals surface area contributed by atoms with Gasteiger partial charge in [-0.2, -0.15) is 4.31 Å². The van der Waals surface area contributed by atoms with Crippen molar-refractivity contribution in [3.8, 4) is 0 Å². The second kappa shape index (κ2) is 14.5. The van der Waals surface area contributed by atoms with Crippen molar-refractivity contribution in [3.05, 3.63) is 82.1 Å². The van der Waals surface area contributed by atoms with Gasteiger partial charge in [0.15, 0.2) is 9.84 Å². The van der Waals surface area contributed by atoms with E-state index in [0.717, 1.165) is 16.6 Å². The number of nitrogens with zero attached hydrogens (tertiary/aromatic N) is 2. The number of carbonyl (C=O) groups excluding carboxylic acids is 2. The number of amides is 2. The molecule has 2 aromatic carbocycles. The highest BCUT2D eigenvalue weighted by molar-refractivity contribution is 7.91. The minimum absolute atomic E-state index is 0.0383. The van der Waals surface area contributed by atoms with Crippen LogP contribution in [-0.4, -0.2) is 85.5 Å². The van der Waals surface area contributed by atoms with Crippen molar-refractivity contribution < 1.29 is 36.3 Å². The SMILES string of the molecule is CC(C)(C)N[C@H]1CCN(S(=O)(=O)c2cccc(S(C)(=O)=O)c2)[C@@H]1C(=O)N[C@@H](Cc1ccc(NC(=O)c2c(Cl)cncc2Cl)cc1)C(=O)O. The molecule has 3 atom stereocenters. The molecule has 1 fully saturated rings. The first-order chi connectivity index (χ1) is 22.3. The number of pyridine rings is 1. The summed E-state index contributed by atoms with van der Waals surface area (Å²) in [4.78, 5) is 42.2. The van der Waals surface area contributed by atoms with Crippen LogP contribution >= 0.6 is 23.2 Å². The number of carbonyl (C=O) groups is 3. The van der Waals surface area contributed by atoms with E-state index in [2.05, 4.69) is 20.9 Å². The Morgan fingerprint density at radius 3 is 2.17 bits per heavy atom. The van der Waals surface area contributed by atoms with Crippen LogP contribution in [0.3, 0.4) is 0 Å². The van der Waals surface area contributed by atoms with Gasteiger partial charge in [-0.3, -0.25) is 14.6 Å². The summed E-state index contributed by atoms with van der Waals surface area (Å²) < 4.78 is 52.9. The number of anilines is 1. The van der Waals surface area contributed by atoms with Crippen LogP contribution in [0.5, 0.6) is 0 Å². The summed E-state index contributed by atoms with van der Waals surface area (Å²) in [7, 11) is -8.12. The van der Waals surface area contributed by atoms with Crippen LogP contribution in [0.4, 0.5) is 5.69 Å². The van der Waals surface area contributed by atoms with Gasteiger partial charge in [-0.25, -0.2) is 21.6 Å². The van der Waals surface area contributed by atoms with Crippen LogP contribution in [0, 0.1) is 0 Å². The molecule has 0 radical (unpaired) electrons. The van der Waals surface area contributed by atoms with Crippen molar-refractivity contribution in [2.45, 2.75) is 67.1 Å². The third-order valence-electron chi connectivity index (χ3n) is 7.43. The fourth-order valence-corrected chi connectivity index (χ4v) is 8.26. The van der Waals surface area contributed by atoms with E-state index in [1.165, 1.54) is 42.7 Å². The number of sulfonamides is 1. The van der Waals surface area contributed by atoms with Crippen LogP contribution in [0.25, 0.3) is 0 Å². The Labute approximate surface area is 289 Å². The van der Waals surface area contributed by atoms with E-state index in [1.807, 2.05) is 20.8 Å². The average molecular weight is 741 g/mol. The molecule has 4 N–H and O–H groups in total. The lowest BCUT2D eigenvalue weighted by Crippen LogP contribution is -2.59. The molecule has 4 rings (SSSR count). The number of hydrogen-bond donors (Lipinski definition) is 4. The van der Waals surface area contributed by atoms with Gasteiger partial charge in [-0.15, -0.1) is 0 Å².